The molecule has 0 saturated carbocycles. The third-order valence-electron chi connectivity index (χ3n) is 5.62. The first-order valence-electron chi connectivity index (χ1n) is 8.78. The predicted octanol–water partition coefficient (Wildman–Crippen LogP) is 5.12. The molecule has 0 bridgehead atoms. The molecule has 5 rings (SSSR count). The van der Waals surface area contributed by atoms with Crippen LogP contribution in [0.15, 0.2) is 48.5 Å². The van der Waals surface area contributed by atoms with E-state index in [1.165, 1.54) is 53.9 Å². The van der Waals surface area contributed by atoms with Crippen molar-refractivity contribution in [1.29, 1.82) is 0 Å². The molecule has 4 aromatic rings. The highest BCUT2D eigenvalue weighted by atomic mass is 14.1. The van der Waals surface area contributed by atoms with Crippen LogP contribution >= 0.6 is 0 Å². The van der Waals surface area contributed by atoms with Crippen LogP contribution in [0.5, 0.6) is 0 Å². The van der Waals surface area contributed by atoms with Crippen molar-refractivity contribution in [3.63, 3.8) is 0 Å². The van der Waals surface area contributed by atoms with Gasteiger partial charge in [0, 0.05) is 0 Å². The van der Waals surface area contributed by atoms with Gasteiger partial charge < -0.3 is 0 Å². The van der Waals surface area contributed by atoms with Crippen LogP contribution in [0.2, 0.25) is 0 Å². The van der Waals surface area contributed by atoms with Gasteiger partial charge in [-0.25, -0.2) is 0 Å². The van der Waals surface area contributed by atoms with Gasteiger partial charge in [0.1, 0.15) is 0 Å². The minimum absolute atomic E-state index is 1.16. The molecule has 0 spiro atoms. The Labute approximate surface area is 141 Å². The number of aryl methyl sites for hydroxylation is 2. The molecule has 24 heavy (non-hydrogen) atoms. The average molecular weight is 308 g/mol. The molecule has 0 N–H and O–H groups in total. The minimum atomic E-state index is 1.16. The second-order valence-corrected chi connectivity index (χ2v) is 7.01. The van der Waals surface area contributed by atoms with Crippen LogP contribution < -0.4 is 10.4 Å². The lowest BCUT2D eigenvalue weighted by molar-refractivity contribution is 1.12. The Bertz CT molecular complexity index is 1160. The maximum Gasteiger partial charge on any atom is -0.0139 e. The topological polar surface area (TPSA) is 0 Å². The van der Waals surface area contributed by atoms with Crippen LogP contribution in [-0.4, -0.2) is 0 Å². The van der Waals surface area contributed by atoms with Gasteiger partial charge in [0.05, 0.1) is 0 Å². The summed E-state index contributed by atoms with van der Waals surface area (Å²) in [5.74, 6) is 0. The van der Waals surface area contributed by atoms with Crippen LogP contribution in [0.3, 0.4) is 0 Å². The van der Waals surface area contributed by atoms with E-state index in [-0.39, 0.29) is 0 Å². The number of benzene rings is 4. The molecular formula is C24H20. The van der Waals surface area contributed by atoms with Gasteiger partial charge in [-0.15, -0.1) is 0 Å². The summed E-state index contributed by atoms with van der Waals surface area (Å²) in [6, 6.07) is 18.2. The van der Waals surface area contributed by atoms with Gasteiger partial charge in [-0.05, 0) is 105 Å². The van der Waals surface area contributed by atoms with Gasteiger partial charge in [-0.3, -0.25) is 0 Å². The molecule has 1 aliphatic carbocycles. The Morgan fingerprint density at radius 1 is 0.583 bits per heavy atom. The van der Waals surface area contributed by atoms with Crippen LogP contribution in [-0.2, 0) is 0 Å². The van der Waals surface area contributed by atoms with E-state index in [0.29, 0.717) is 0 Å². The van der Waals surface area contributed by atoms with Gasteiger partial charge >= 0.3 is 0 Å². The fourth-order valence-electron chi connectivity index (χ4n) is 4.24. The van der Waals surface area contributed by atoms with Crippen molar-refractivity contribution >= 4 is 44.5 Å². The molecule has 0 atom stereocenters. The van der Waals surface area contributed by atoms with Gasteiger partial charge in [0.25, 0.3) is 0 Å². The van der Waals surface area contributed by atoms with Crippen molar-refractivity contribution in [2.45, 2.75) is 26.7 Å². The van der Waals surface area contributed by atoms with Gasteiger partial charge in [0.15, 0.2) is 0 Å². The summed E-state index contributed by atoms with van der Waals surface area (Å²) < 4.78 is 0. The predicted molar refractivity (Wildman–Crippen MR) is 106 cm³/mol. The summed E-state index contributed by atoms with van der Waals surface area (Å²) >= 11 is 0. The maximum atomic E-state index is 2.40. The van der Waals surface area contributed by atoms with Crippen molar-refractivity contribution < 1.29 is 0 Å². The normalized spacial score (nSPS) is 13.8. The minimum Gasteiger partial charge on any atom is -0.0763 e. The lowest BCUT2D eigenvalue weighted by Crippen LogP contribution is -2.26. The summed E-state index contributed by atoms with van der Waals surface area (Å²) in [6.07, 6.45) is 7.09. The zero-order chi connectivity index (χ0) is 16.3. The van der Waals surface area contributed by atoms with E-state index in [1.807, 2.05) is 0 Å². The molecule has 1 aliphatic rings. The largest absolute Gasteiger partial charge is 0.0763 e. The summed E-state index contributed by atoms with van der Waals surface area (Å²) in [7, 11) is 0. The molecule has 0 heterocycles. The lowest BCUT2D eigenvalue weighted by Gasteiger charge is -2.14. The third kappa shape index (κ3) is 1.86. The Balaban J connectivity index is 2.04. The highest BCUT2D eigenvalue weighted by molar-refractivity contribution is 6.10. The molecule has 116 valence electrons. The van der Waals surface area contributed by atoms with E-state index < -0.39 is 0 Å². The summed E-state index contributed by atoms with van der Waals surface area (Å²) in [5.41, 5.74) is 2.80. The van der Waals surface area contributed by atoms with Crippen LogP contribution in [0.25, 0.3) is 44.5 Å². The molecule has 0 heteroatoms. The van der Waals surface area contributed by atoms with E-state index in [2.05, 4.69) is 74.5 Å². The highest BCUT2D eigenvalue weighted by Gasteiger charge is 2.10. The number of fused-ring (bicyclic) bond motifs is 4. The van der Waals surface area contributed by atoms with Crippen molar-refractivity contribution in [3.8, 4) is 0 Å². The number of rotatable bonds is 0. The van der Waals surface area contributed by atoms with E-state index in [9.17, 15) is 0 Å². The quantitative estimate of drug-likeness (QED) is 0.396. The summed E-state index contributed by atoms with van der Waals surface area (Å²) in [6.45, 7) is 4.55. The van der Waals surface area contributed by atoms with Gasteiger partial charge in [0.2, 0.25) is 0 Å². The van der Waals surface area contributed by atoms with Crippen molar-refractivity contribution in [3.05, 3.63) is 70.1 Å². The van der Waals surface area contributed by atoms with E-state index in [4.69, 9.17) is 0 Å². The fourth-order valence-corrected chi connectivity index (χ4v) is 4.24. The van der Waals surface area contributed by atoms with Gasteiger partial charge in [-0.2, -0.15) is 0 Å². The first-order valence-corrected chi connectivity index (χ1v) is 8.78. The second kappa shape index (κ2) is 4.95. The summed E-state index contributed by atoms with van der Waals surface area (Å²) in [5, 5.41) is 11.0. The molecule has 0 aromatic heterocycles. The molecule has 0 radical (unpaired) electrons. The van der Waals surface area contributed by atoms with Crippen molar-refractivity contribution in [2.75, 3.05) is 0 Å². The van der Waals surface area contributed by atoms with E-state index in [0.717, 1.165) is 12.8 Å². The average Bonchev–Trinajstić information content (AvgIpc) is 2.64. The number of hydrogen-bond donors (Lipinski definition) is 0. The number of hydrogen-bond acceptors (Lipinski definition) is 0. The molecule has 0 saturated heterocycles. The molecule has 0 amide bonds. The third-order valence-corrected chi connectivity index (χ3v) is 5.62. The first kappa shape index (κ1) is 13.8. The Hall–Kier alpha value is -2.60. The van der Waals surface area contributed by atoms with Gasteiger partial charge in [-0.1, -0.05) is 36.4 Å². The first-order chi connectivity index (χ1) is 11.7. The molecule has 0 unspecified atom stereocenters. The Morgan fingerprint density at radius 3 is 1.46 bits per heavy atom. The highest BCUT2D eigenvalue weighted by Crippen LogP contribution is 2.33. The molecule has 4 aromatic carbocycles. The zero-order valence-corrected chi connectivity index (χ0v) is 14.2. The lowest BCUT2D eigenvalue weighted by atomic mass is 9.90. The monoisotopic (exact) mass is 308 g/mol. The van der Waals surface area contributed by atoms with Crippen molar-refractivity contribution in [2.24, 2.45) is 0 Å². The van der Waals surface area contributed by atoms with E-state index >= 15 is 0 Å². The summed E-state index contributed by atoms with van der Waals surface area (Å²) in [4.78, 5) is 0. The van der Waals surface area contributed by atoms with Crippen LogP contribution in [0.1, 0.15) is 24.0 Å². The van der Waals surface area contributed by atoms with Crippen LogP contribution in [0.4, 0.5) is 0 Å². The molecule has 0 aliphatic heterocycles. The van der Waals surface area contributed by atoms with Crippen LogP contribution in [0, 0.1) is 13.8 Å². The Morgan fingerprint density at radius 2 is 1.00 bits per heavy atom. The molecule has 0 nitrogen and oxygen atoms in total. The SMILES string of the molecule is Cc1c2cc3c(cc2c(C)c2cc4ccccc4cc12)=CCCC=3. The zero-order valence-electron chi connectivity index (χ0n) is 14.2. The van der Waals surface area contributed by atoms with Crippen molar-refractivity contribution in [1.82, 2.24) is 0 Å². The Kier molecular flexibility index (Phi) is 2.84. The van der Waals surface area contributed by atoms with E-state index in [1.54, 1.807) is 0 Å². The molecular weight excluding hydrogens is 288 g/mol. The molecule has 0 fully saturated rings. The smallest absolute Gasteiger partial charge is 0.0139 e. The maximum absolute atomic E-state index is 2.40. The standard InChI is InChI=1S/C24H20/c1-15-21-11-17-7-3-5-9-19(17)13-23(21)16(2)24-14-20-10-6-4-8-18(20)12-22(15)24/h3,5,7-14H,4,6H2,1-2H3. The fraction of sp³-hybridized carbons (Fsp3) is 0.167. The second-order valence-electron chi connectivity index (χ2n) is 7.01.